The fourth-order valence-corrected chi connectivity index (χ4v) is 0.981. The van der Waals surface area contributed by atoms with Gasteiger partial charge in [0.25, 0.3) is 6.43 Å². The van der Waals surface area contributed by atoms with Crippen LogP contribution in [-0.2, 0) is 9.53 Å². The summed E-state index contributed by atoms with van der Waals surface area (Å²) in [6.45, 7) is 4.29. The van der Waals surface area contributed by atoms with Crippen molar-refractivity contribution in [3.8, 4) is 0 Å². The number of alkyl carbamates (subject to hydrolysis) is 1. The maximum Gasteiger partial charge on any atom is 0.407 e. The number of hydrogen-bond donors (Lipinski definition) is 2. The Morgan fingerprint density at radius 2 is 1.74 bits per heavy atom. The molecule has 0 radical (unpaired) electrons. The third-order valence-electron chi connectivity index (χ3n) is 1.79. The Kier molecular flexibility index (Phi) is 7.25. The Morgan fingerprint density at radius 1 is 1.16 bits per heavy atom. The number of alkyl halides is 3. The van der Waals surface area contributed by atoms with Crippen LogP contribution in [-0.4, -0.2) is 43.3 Å². The summed E-state index contributed by atoms with van der Waals surface area (Å²) in [4.78, 5) is 22.3. The molecule has 2 N–H and O–H groups in total. The molecule has 0 aliphatic carbocycles. The van der Waals surface area contributed by atoms with E-state index in [1.807, 2.05) is 5.32 Å². The molecule has 0 fully saturated rings. The Hall–Kier alpha value is -1.47. The van der Waals surface area contributed by atoms with Gasteiger partial charge in [0.15, 0.2) is 6.17 Å². The number of halogens is 3. The molecule has 0 aromatic carbocycles. The number of rotatable bonds is 6. The Morgan fingerprint density at radius 3 is 2.21 bits per heavy atom. The van der Waals surface area contributed by atoms with E-state index >= 15 is 0 Å². The molecule has 0 aliphatic rings. The number of carbonyl (C=O) groups is 2. The first kappa shape index (κ1) is 17.5. The highest BCUT2D eigenvalue weighted by molar-refractivity contribution is 5.77. The molecule has 0 aromatic heterocycles. The highest BCUT2D eigenvalue weighted by Gasteiger charge is 2.20. The lowest BCUT2D eigenvalue weighted by atomic mass is 10.2. The molecule has 1 atom stereocenters. The van der Waals surface area contributed by atoms with Gasteiger partial charge in [-0.2, -0.15) is 0 Å². The molecule has 112 valence electrons. The third-order valence-corrected chi connectivity index (χ3v) is 1.79. The Labute approximate surface area is 109 Å². The molecule has 5 nitrogen and oxygen atoms in total. The third kappa shape index (κ3) is 10.2. The van der Waals surface area contributed by atoms with Crippen molar-refractivity contribution in [1.82, 2.24) is 10.6 Å². The summed E-state index contributed by atoms with van der Waals surface area (Å²) in [7, 11) is 0. The molecular weight excluding hydrogens is 265 g/mol. The second-order valence-corrected chi connectivity index (χ2v) is 4.83. The number of nitrogens with one attached hydrogen (secondary N) is 2. The predicted octanol–water partition coefficient (Wildman–Crippen LogP) is 1.62. The van der Waals surface area contributed by atoms with Crippen LogP contribution in [0, 0.1) is 0 Å². The van der Waals surface area contributed by atoms with Crippen molar-refractivity contribution in [3.63, 3.8) is 0 Å². The van der Waals surface area contributed by atoms with Crippen LogP contribution in [0.25, 0.3) is 0 Å². The lowest BCUT2D eigenvalue weighted by Crippen LogP contribution is -2.37. The minimum Gasteiger partial charge on any atom is -0.444 e. The average Bonchev–Trinajstić information content (AvgIpc) is 2.23. The normalized spacial score (nSPS) is 13.0. The standard InChI is InChI=1S/C11H19F3N2O3/c1-11(2,3)19-10(18)15-5-4-8(17)16-6-7(12)9(13)14/h7,9H,4-6H2,1-3H3,(H,15,18)(H,16,17). The zero-order valence-electron chi connectivity index (χ0n) is 11.1. The molecule has 8 heteroatoms. The SMILES string of the molecule is CC(C)(C)OC(=O)NCCC(=O)NCC(F)C(F)F. The van der Waals surface area contributed by atoms with Gasteiger partial charge in [-0.25, -0.2) is 18.0 Å². The Balaban J connectivity index is 3.72. The second kappa shape index (κ2) is 7.85. The lowest BCUT2D eigenvalue weighted by molar-refractivity contribution is -0.121. The molecule has 1 unspecified atom stereocenters. The average molecular weight is 284 g/mol. The van der Waals surface area contributed by atoms with Gasteiger partial charge in [-0.15, -0.1) is 0 Å². The molecule has 0 saturated carbocycles. The summed E-state index contributed by atoms with van der Waals surface area (Å²) in [6, 6.07) is 0. The molecule has 0 aromatic rings. The first-order valence-corrected chi connectivity index (χ1v) is 5.77. The van der Waals surface area contributed by atoms with E-state index in [1.54, 1.807) is 20.8 Å². The maximum absolute atomic E-state index is 12.5. The van der Waals surface area contributed by atoms with Crippen molar-refractivity contribution in [2.75, 3.05) is 13.1 Å². The van der Waals surface area contributed by atoms with Crippen molar-refractivity contribution >= 4 is 12.0 Å². The maximum atomic E-state index is 12.5. The number of hydrogen-bond acceptors (Lipinski definition) is 3. The summed E-state index contributed by atoms with van der Waals surface area (Å²) in [5.41, 5.74) is -0.648. The second-order valence-electron chi connectivity index (χ2n) is 4.83. The van der Waals surface area contributed by atoms with Gasteiger partial charge in [-0.1, -0.05) is 0 Å². The molecule has 0 rings (SSSR count). The zero-order valence-corrected chi connectivity index (χ0v) is 11.1. The molecule has 19 heavy (non-hydrogen) atoms. The quantitative estimate of drug-likeness (QED) is 0.779. The van der Waals surface area contributed by atoms with Gasteiger partial charge in [-0.3, -0.25) is 4.79 Å². The van der Waals surface area contributed by atoms with Crippen LogP contribution in [0.1, 0.15) is 27.2 Å². The molecule has 2 amide bonds. The fraction of sp³-hybridized carbons (Fsp3) is 0.818. The molecular formula is C11H19F3N2O3. The van der Waals surface area contributed by atoms with Crippen LogP contribution >= 0.6 is 0 Å². The predicted molar refractivity (Wildman–Crippen MR) is 62.8 cm³/mol. The van der Waals surface area contributed by atoms with E-state index in [-0.39, 0.29) is 13.0 Å². The van der Waals surface area contributed by atoms with E-state index in [0.717, 1.165) is 0 Å². The summed E-state index contributed by atoms with van der Waals surface area (Å²) in [5, 5.41) is 4.32. The summed E-state index contributed by atoms with van der Waals surface area (Å²) in [5.74, 6) is -0.626. The number of amides is 2. The largest absolute Gasteiger partial charge is 0.444 e. The summed E-state index contributed by atoms with van der Waals surface area (Å²) < 4.78 is 41.0. The highest BCUT2D eigenvalue weighted by Crippen LogP contribution is 2.06. The van der Waals surface area contributed by atoms with Gasteiger partial charge in [0.2, 0.25) is 5.91 Å². The van der Waals surface area contributed by atoms with Crippen molar-refractivity contribution in [1.29, 1.82) is 0 Å². The van der Waals surface area contributed by atoms with Crippen molar-refractivity contribution in [2.24, 2.45) is 0 Å². The Bertz CT molecular complexity index is 306. The monoisotopic (exact) mass is 284 g/mol. The van der Waals surface area contributed by atoms with Crippen molar-refractivity contribution in [3.05, 3.63) is 0 Å². The van der Waals surface area contributed by atoms with Crippen LogP contribution in [0.2, 0.25) is 0 Å². The van der Waals surface area contributed by atoms with Gasteiger partial charge >= 0.3 is 6.09 Å². The van der Waals surface area contributed by atoms with E-state index in [9.17, 15) is 22.8 Å². The van der Waals surface area contributed by atoms with Crippen molar-refractivity contribution < 1.29 is 27.5 Å². The highest BCUT2D eigenvalue weighted by atomic mass is 19.3. The molecule has 0 saturated heterocycles. The van der Waals surface area contributed by atoms with Crippen molar-refractivity contribution in [2.45, 2.75) is 45.4 Å². The minimum atomic E-state index is -3.12. The first-order chi connectivity index (χ1) is 8.61. The van der Waals surface area contributed by atoms with Crippen LogP contribution in [0.4, 0.5) is 18.0 Å². The smallest absolute Gasteiger partial charge is 0.407 e. The number of carbonyl (C=O) groups excluding carboxylic acids is 2. The van der Waals surface area contributed by atoms with Gasteiger partial charge in [0.05, 0.1) is 6.54 Å². The van der Waals surface area contributed by atoms with Crippen LogP contribution in [0.5, 0.6) is 0 Å². The van der Waals surface area contributed by atoms with E-state index < -0.39 is 36.7 Å². The summed E-state index contributed by atoms with van der Waals surface area (Å²) >= 11 is 0. The topological polar surface area (TPSA) is 67.4 Å². The van der Waals surface area contributed by atoms with E-state index in [4.69, 9.17) is 4.74 Å². The summed E-state index contributed by atoms with van der Waals surface area (Å²) in [6.07, 6.45) is -6.34. The molecule has 0 heterocycles. The van der Waals surface area contributed by atoms with Crippen LogP contribution in [0.15, 0.2) is 0 Å². The molecule has 0 bridgehead atoms. The number of ether oxygens (including phenoxy) is 1. The van der Waals surface area contributed by atoms with Gasteiger partial charge < -0.3 is 15.4 Å². The van der Waals surface area contributed by atoms with E-state index in [2.05, 4.69) is 5.32 Å². The van der Waals surface area contributed by atoms with E-state index in [1.165, 1.54) is 0 Å². The van der Waals surface area contributed by atoms with E-state index in [0.29, 0.717) is 0 Å². The zero-order chi connectivity index (χ0) is 15.1. The fourth-order valence-electron chi connectivity index (χ4n) is 0.981. The van der Waals surface area contributed by atoms with Crippen LogP contribution < -0.4 is 10.6 Å². The van der Waals surface area contributed by atoms with Crippen LogP contribution in [0.3, 0.4) is 0 Å². The lowest BCUT2D eigenvalue weighted by Gasteiger charge is -2.19. The van der Waals surface area contributed by atoms with Gasteiger partial charge in [0, 0.05) is 13.0 Å². The van der Waals surface area contributed by atoms with Gasteiger partial charge in [-0.05, 0) is 20.8 Å². The molecule has 0 aliphatic heterocycles. The first-order valence-electron chi connectivity index (χ1n) is 5.77. The minimum absolute atomic E-state index is 0.0215. The molecule has 0 spiro atoms. The van der Waals surface area contributed by atoms with Gasteiger partial charge in [0.1, 0.15) is 5.60 Å².